The Morgan fingerprint density at radius 3 is 2.81 bits per heavy atom. The zero-order valence-electron chi connectivity index (χ0n) is 8.11. The Balaban J connectivity index is 3.00. The van der Waals surface area contributed by atoms with Crippen LogP contribution in [0.25, 0.3) is 0 Å². The van der Waals surface area contributed by atoms with Crippen molar-refractivity contribution in [2.75, 3.05) is 0 Å². The lowest BCUT2D eigenvalue weighted by Gasteiger charge is -2.15. The van der Waals surface area contributed by atoms with Gasteiger partial charge in [0.1, 0.15) is 5.82 Å². The van der Waals surface area contributed by atoms with Crippen molar-refractivity contribution >= 4 is 24.0 Å². The second kappa shape index (κ2) is 5.46. The van der Waals surface area contributed by atoms with Crippen LogP contribution in [0.15, 0.2) is 18.2 Å². The molecule has 0 aliphatic carbocycles. The molecule has 0 heterocycles. The number of hydrogen-bond acceptors (Lipinski definition) is 2. The molecule has 1 atom stereocenters. The summed E-state index contributed by atoms with van der Waals surface area (Å²) in [5, 5.41) is 11.1. The number of amides is 1. The molecule has 0 saturated carbocycles. The van der Waals surface area contributed by atoms with Gasteiger partial charge in [0.2, 0.25) is 6.41 Å². The second-order valence-electron chi connectivity index (χ2n) is 3.10. The molecule has 0 aliphatic heterocycles. The maximum Gasteiger partial charge on any atom is 0.305 e. The van der Waals surface area contributed by atoms with E-state index in [0.717, 1.165) is 6.07 Å². The highest BCUT2D eigenvalue weighted by molar-refractivity contribution is 6.30. The minimum absolute atomic E-state index is 0.0962. The SMILES string of the molecule is O=CN[C@H](CC(=O)O)c1ccc(Cl)cc1F. The third-order valence-corrected chi connectivity index (χ3v) is 2.22. The minimum atomic E-state index is -1.13. The van der Waals surface area contributed by atoms with Crippen molar-refractivity contribution in [2.24, 2.45) is 0 Å². The molecule has 0 bridgehead atoms. The first-order valence-corrected chi connectivity index (χ1v) is 4.79. The largest absolute Gasteiger partial charge is 0.481 e. The van der Waals surface area contributed by atoms with Crippen LogP contribution < -0.4 is 5.32 Å². The van der Waals surface area contributed by atoms with Crippen LogP contribution in [0.4, 0.5) is 4.39 Å². The molecule has 0 aromatic heterocycles. The van der Waals surface area contributed by atoms with Crippen molar-refractivity contribution in [3.05, 3.63) is 34.6 Å². The summed E-state index contributed by atoms with van der Waals surface area (Å²) in [6.45, 7) is 0. The first-order chi connectivity index (χ1) is 7.54. The standard InChI is InChI=1S/C10H9ClFNO3/c11-6-1-2-7(8(12)3-6)9(13-5-14)4-10(15)16/h1-3,5,9H,4H2,(H,13,14)(H,15,16)/t9-/m1/s1. The van der Waals surface area contributed by atoms with Crippen molar-refractivity contribution in [3.63, 3.8) is 0 Å². The molecule has 6 heteroatoms. The Morgan fingerprint density at radius 2 is 2.31 bits per heavy atom. The topological polar surface area (TPSA) is 66.4 Å². The van der Waals surface area contributed by atoms with E-state index in [0.29, 0.717) is 6.41 Å². The van der Waals surface area contributed by atoms with Gasteiger partial charge in [-0.15, -0.1) is 0 Å². The van der Waals surface area contributed by atoms with Crippen molar-refractivity contribution < 1.29 is 19.1 Å². The molecule has 1 rings (SSSR count). The normalized spacial score (nSPS) is 11.9. The van der Waals surface area contributed by atoms with E-state index in [-0.39, 0.29) is 10.6 Å². The van der Waals surface area contributed by atoms with Gasteiger partial charge in [0.05, 0.1) is 12.5 Å². The molecule has 0 radical (unpaired) electrons. The smallest absolute Gasteiger partial charge is 0.305 e. The van der Waals surface area contributed by atoms with Crippen molar-refractivity contribution in [3.8, 4) is 0 Å². The number of nitrogens with one attached hydrogen (secondary N) is 1. The van der Waals surface area contributed by atoms with E-state index in [2.05, 4.69) is 5.32 Å². The van der Waals surface area contributed by atoms with E-state index < -0.39 is 24.2 Å². The van der Waals surface area contributed by atoms with E-state index in [1.807, 2.05) is 0 Å². The molecule has 0 fully saturated rings. The van der Waals surface area contributed by atoms with Crippen molar-refractivity contribution in [1.29, 1.82) is 0 Å². The van der Waals surface area contributed by atoms with Crippen molar-refractivity contribution in [1.82, 2.24) is 5.32 Å². The van der Waals surface area contributed by atoms with Gasteiger partial charge in [0, 0.05) is 10.6 Å². The minimum Gasteiger partial charge on any atom is -0.481 e. The summed E-state index contributed by atoms with van der Waals surface area (Å²) in [7, 11) is 0. The number of carboxylic acid groups (broad SMARTS) is 1. The molecule has 0 unspecified atom stereocenters. The van der Waals surface area contributed by atoms with E-state index >= 15 is 0 Å². The highest BCUT2D eigenvalue weighted by atomic mass is 35.5. The highest BCUT2D eigenvalue weighted by Crippen LogP contribution is 2.22. The number of benzene rings is 1. The van der Waals surface area contributed by atoms with Crippen LogP contribution in [0.2, 0.25) is 5.02 Å². The van der Waals surface area contributed by atoms with Crippen LogP contribution in [-0.4, -0.2) is 17.5 Å². The van der Waals surface area contributed by atoms with Crippen LogP contribution in [0, 0.1) is 5.82 Å². The average Bonchev–Trinajstić information content (AvgIpc) is 2.16. The molecule has 0 aliphatic rings. The Hall–Kier alpha value is -1.62. The van der Waals surface area contributed by atoms with Crippen LogP contribution in [-0.2, 0) is 9.59 Å². The van der Waals surface area contributed by atoms with Crippen molar-refractivity contribution in [2.45, 2.75) is 12.5 Å². The van der Waals surface area contributed by atoms with E-state index in [4.69, 9.17) is 16.7 Å². The second-order valence-corrected chi connectivity index (χ2v) is 3.54. The monoisotopic (exact) mass is 245 g/mol. The fourth-order valence-electron chi connectivity index (χ4n) is 1.30. The summed E-state index contributed by atoms with van der Waals surface area (Å²) in [5.74, 6) is -1.78. The first-order valence-electron chi connectivity index (χ1n) is 4.41. The molecule has 0 saturated heterocycles. The average molecular weight is 246 g/mol. The maximum absolute atomic E-state index is 13.4. The lowest BCUT2D eigenvalue weighted by atomic mass is 10.0. The molecular formula is C10H9ClFNO3. The summed E-state index contributed by atoms with van der Waals surface area (Å²) in [6.07, 6.45) is -0.0566. The molecule has 16 heavy (non-hydrogen) atoms. The van der Waals surface area contributed by atoms with Crippen LogP contribution in [0.1, 0.15) is 18.0 Å². The summed E-state index contributed by atoms with van der Waals surface area (Å²) in [5.41, 5.74) is 0.0962. The maximum atomic E-state index is 13.4. The van der Waals surface area contributed by atoms with Gasteiger partial charge >= 0.3 is 5.97 Å². The quantitative estimate of drug-likeness (QED) is 0.777. The predicted molar refractivity (Wildman–Crippen MR) is 55.6 cm³/mol. The van der Waals surface area contributed by atoms with Gasteiger partial charge in [0.15, 0.2) is 0 Å². The van der Waals surface area contributed by atoms with Crippen LogP contribution >= 0.6 is 11.6 Å². The Kier molecular flexibility index (Phi) is 4.25. The Morgan fingerprint density at radius 1 is 1.62 bits per heavy atom. The van der Waals surface area contributed by atoms with E-state index in [9.17, 15) is 14.0 Å². The van der Waals surface area contributed by atoms with Gasteiger partial charge in [0.25, 0.3) is 0 Å². The fraction of sp³-hybridized carbons (Fsp3) is 0.200. The molecular weight excluding hydrogens is 237 g/mol. The lowest BCUT2D eigenvalue weighted by molar-refractivity contribution is -0.137. The molecule has 2 N–H and O–H groups in total. The number of carbonyl (C=O) groups is 2. The number of rotatable bonds is 5. The van der Waals surface area contributed by atoms with E-state index in [1.165, 1.54) is 12.1 Å². The molecule has 1 amide bonds. The number of carbonyl (C=O) groups excluding carboxylic acids is 1. The van der Waals surface area contributed by atoms with Gasteiger partial charge < -0.3 is 10.4 Å². The molecule has 4 nitrogen and oxygen atoms in total. The zero-order chi connectivity index (χ0) is 12.1. The molecule has 1 aromatic rings. The van der Waals surface area contributed by atoms with Gasteiger partial charge in [-0.2, -0.15) is 0 Å². The molecule has 0 spiro atoms. The third-order valence-electron chi connectivity index (χ3n) is 1.99. The number of carboxylic acids is 1. The van der Waals surface area contributed by atoms with Gasteiger partial charge in [-0.1, -0.05) is 17.7 Å². The predicted octanol–water partition coefficient (Wildman–Crippen LogP) is 1.74. The summed E-state index contributed by atoms with van der Waals surface area (Å²) in [4.78, 5) is 20.8. The molecule has 1 aromatic carbocycles. The van der Waals surface area contributed by atoms with Gasteiger partial charge in [-0.25, -0.2) is 4.39 Å². The van der Waals surface area contributed by atoms with Gasteiger partial charge in [-0.05, 0) is 12.1 Å². The number of aliphatic carboxylic acids is 1. The van der Waals surface area contributed by atoms with Crippen LogP contribution in [0.3, 0.4) is 0 Å². The summed E-state index contributed by atoms with van der Waals surface area (Å²) in [6, 6.07) is 2.95. The summed E-state index contributed by atoms with van der Waals surface area (Å²) < 4.78 is 13.4. The lowest BCUT2D eigenvalue weighted by Crippen LogP contribution is -2.23. The number of halogens is 2. The Bertz CT molecular complexity index is 411. The fourth-order valence-corrected chi connectivity index (χ4v) is 1.46. The zero-order valence-corrected chi connectivity index (χ0v) is 8.87. The highest BCUT2D eigenvalue weighted by Gasteiger charge is 2.18. The van der Waals surface area contributed by atoms with Crippen LogP contribution in [0.5, 0.6) is 0 Å². The van der Waals surface area contributed by atoms with E-state index in [1.54, 1.807) is 0 Å². The summed E-state index contributed by atoms with van der Waals surface area (Å²) >= 11 is 5.56. The Labute approximate surface area is 96.0 Å². The third kappa shape index (κ3) is 3.20. The number of hydrogen-bond donors (Lipinski definition) is 2. The first kappa shape index (κ1) is 12.4. The van der Waals surface area contributed by atoms with Gasteiger partial charge in [-0.3, -0.25) is 9.59 Å². The molecule has 86 valence electrons.